The molecule has 2 atom stereocenters. The summed E-state index contributed by atoms with van der Waals surface area (Å²) in [4.78, 5) is 0. The van der Waals surface area contributed by atoms with Crippen molar-refractivity contribution in [2.45, 2.75) is 44.3 Å². The summed E-state index contributed by atoms with van der Waals surface area (Å²) >= 11 is 0. The van der Waals surface area contributed by atoms with Gasteiger partial charge in [0.1, 0.15) is 0 Å². The van der Waals surface area contributed by atoms with E-state index < -0.39 is 11.7 Å². The third kappa shape index (κ3) is 2.19. The molecule has 1 aliphatic carbocycles. The Balaban J connectivity index is 2.35. The van der Waals surface area contributed by atoms with Gasteiger partial charge in [0.15, 0.2) is 0 Å². The van der Waals surface area contributed by atoms with Gasteiger partial charge in [0.05, 0.1) is 11.7 Å². The van der Waals surface area contributed by atoms with E-state index >= 15 is 0 Å². The van der Waals surface area contributed by atoms with E-state index in [4.69, 9.17) is 5.73 Å². The third-order valence-electron chi connectivity index (χ3n) is 2.91. The highest BCUT2D eigenvalue weighted by molar-refractivity contribution is 4.89. The molecule has 3 heteroatoms. The molecule has 12 heavy (non-hydrogen) atoms. The van der Waals surface area contributed by atoms with Gasteiger partial charge in [-0.15, -0.1) is 0 Å². The maximum absolute atomic E-state index is 9.92. The lowest BCUT2D eigenvalue weighted by Gasteiger charge is -2.39. The van der Waals surface area contributed by atoms with Gasteiger partial charge in [-0.25, -0.2) is 0 Å². The van der Waals surface area contributed by atoms with E-state index in [0.29, 0.717) is 12.3 Å². The fraction of sp³-hybridized carbons (Fsp3) is 1.00. The first-order chi connectivity index (χ1) is 5.56. The molecular formula is C9H19NO2. The van der Waals surface area contributed by atoms with Crippen LogP contribution in [0.2, 0.25) is 0 Å². The largest absolute Gasteiger partial charge is 0.392 e. The Bertz CT molecular complexity index is 143. The summed E-state index contributed by atoms with van der Waals surface area (Å²) < 4.78 is 0. The molecule has 1 rings (SSSR count). The zero-order chi connectivity index (χ0) is 9.19. The van der Waals surface area contributed by atoms with E-state index in [9.17, 15) is 10.2 Å². The van der Waals surface area contributed by atoms with E-state index in [1.807, 2.05) is 0 Å². The first-order valence-corrected chi connectivity index (χ1v) is 4.67. The smallest absolute Gasteiger partial charge is 0.0689 e. The molecule has 1 aliphatic rings. The van der Waals surface area contributed by atoms with Crippen molar-refractivity contribution in [2.24, 2.45) is 11.7 Å². The van der Waals surface area contributed by atoms with Gasteiger partial charge in [0.25, 0.3) is 0 Å². The highest BCUT2D eigenvalue weighted by Crippen LogP contribution is 2.38. The molecule has 0 bridgehead atoms. The summed E-state index contributed by atoms with van der Waals surface area (Å²) in [5.41, 5.74) is 4.57. The summed E-state index contributed by atoms with van der Waals surface area (Å²) in [5, 5.41) is 19.2. The summed E-state index contributed by atoms with van der Waals surface area (Å²) in [6.07, 6.45) is 3.24. The molecule has 72 valence electrons. The number of aliphatic hydroxyl groups is 2. The molecule has 0 aromatic rings. The molecule has 0 saturated heterocycles. The second kappa shape index (κ2) is 3.73. The zero-order valence-corrected chi connectivity index (χ0v) is 7.66. The minimum Gasteiger partial charge on any atom is -0.392 e. The molecule has 0 radical (unpaired) electrons. The van der Waals surface area contributed by atoms with Crippen LogP contribution in [0.25, 0.3) is 0 Å². The van der Waals surface area contributed by atoms with Crippen LogP contribution in [0.15, 0.2) is 0 Å². The highest BCUT2D eigenvalue weighted by atomic mass is 16.3. The van der Waals surface area contributed by atoms with Crippen LogP contribution in [0.4, 0.5) is 0 Å². The van der Waals surface area contributed by atoms with Crippen molar-refractivity contribution in [1.82, 2.24) is 0 Å². The lowest BCUT2D eigenvalue weighted by atomic mass is 9.71. The molecule has 0 aromatic heterocycles. The molecule has 3 nitrogen and oxygen atoms in total. The third-order valence-corrected chi connectivity index (χ3v) is 2.91. The van der Waals surface area contributed by atoms with Crippen LogP contribution in [0.1, 0.15) is 32.6 Å². The second-order valence-electron chi connectivity index (χ2n) is 4.08. The van der Waals surface area contributed by atoms with E-state index in [1.54, 1.807) is 6.92 Å². The van der Waals surface area contributed by atoms with Crippen molar-refractivity contribution in [1.29, 1.82) is 0 Å². The van der Waals surface area contributed by atoms with Crippen LogP contribution < -0.4 is 5.73 Å². The summed E-state index contributed by atoms with van der Waals surface area (Å²) in [7, 11) is 0. The van der Waals surface area contributed by atoms with Crippen molar-refractivity contribution in [3.05, 3.63) is 0 Å². The normalized spacial score (nSPS) is 26.0. The number of nitrogens with two attached hydrogens (primary N) is 1. The lowest BCUT2D eigenvalue weighted by Crippen LogP contribution is -2.43. The topological polar surface area (TPSA) is 66.5 Å². The summed E-state index contributed by atoms with van der Waals surface area (Å²) in [5.74, 6) is 0.374. The van der Waals surface area contributed by atoms with E-state index in [-0.39, 0.29) is 6.54 Å². The maximum atomic E-state index is 9.92. The Hall–Kier alpha value is -0.120. The molecule has 0 heterocycles. The molecule has 0 aromatic carbocycles. The van der Waals surface area contributed by atoms with Crippen molar-refractivity contribution in [3.8, 4) is 0 Å². The average Bonchev–Trinajstić information content (AvgIpc) is 1.80. The number of rotatable bonds is 4. The molecule has 0 aliphatic heterocycles. The Labute approximate surface area is 73.6 Å². The fourth-order valence-electron chi connectivity index (χ4n) is 1.76. The molecule has 0 amide bonds. The number of hydrogen-bond donors (Lipinski definition) is 3. The minimum absolute atomic E-state index is 0.239. The summed E-state index contributed by atoms with van der Waals surface area (Å²) in [6, 6.07) is 0. The van der Waals surface area contributed by atoms with E-state index in [2.05, 4.69) is 0 Å². The van der Waals surface area contributed by atoms with Gasteiger partial charge in [-0.1, -0.05) is 6.42 Å². The molecule has 2 unspecified atom stereocenters. The van der Waals surface area contributed by atoms with Gasteiger partial charge >= 0.3 is 0 Å². The number of aliphatic hydroxyl groups excluding tert-OH is 1. The average molecular weight is 173 g/mol. The maximum Gasteiger partial charge on any atom is 0.0689 e. The standard InChI is InChI=1S/C9H19NO2/c1-9(12,5-8(11)6-10)7-3-2-4-7/h7-8,11-12H,2-6,10H2,1H3. The Morgan fingerprint density at radius 1 is 1.58 bits per heavy atom. The van der Waals surface area contributed by atoms with Crippen LogP contribution >= 0.6 is 0 Å². The van der Waals surface area contributed by atoms with Crippen molar-refractivity contribution < 1.29 is 10.2 Å². The quantitative estimate of drug-likeness (QED) is 0.571. The van der Waals surface area contributed by atoms with Crippen molar-refractivity contribution in [2.75, 3.05) is 6.54 Å². The van der Waals surface area contributed by atoms with Gasteiger partial charge in [-0.2, -0.15) is 0 Å². The minimum atomic E-state index is -0.711. The SMILES string of the molecule is CC(O)(CC(O)CN)C1CCC1. The van der Waals surface area contributed by atoms with Crippen molar-refractivity contribution >= 4 is 0 Å². The molecule has 0 spiro atoms. The Kier molecular flexibility index (Phi) is 3.09. The predicted molar refractivity (Wildman–Crippen MR) is 47.6 cm³/mol. The Morgan fingerprint density at radius 3 is 2.50 bits per heavy atom. The Morgan fingerprint density at radius 2 is 2.17 bits per heavy atom. The van der Waals surface area contributed by atoms with Gasteiger partial charge in [-0.05, 0) is 25.7 Å². The van der Waals surface area contributed by atoms with Crippen LogP contribution in [0, 0.1) is 5.92 Å². The van der Waals surface area contributed by atoms with Gasteiger partial charge in [-0.3, -0.25) is 0 Å². The van der Waals surface area contributed by atoms with Crippen LogP contribution in [0.3, 0.4) is 0 Å². The summed E-state index contributed by atoms with van der Waals surface area (Å²) in [6.45, 7) is 2.04. The lowest BCUT2D eigenvalue weighted by molar-refractivity contribution is -0.0654. The first kappa shape index (κ1) is 9.96. The zero-order valence-electron chi connectivity index (χ0n) is 7.66. The van der Waals surface area contributed by atoms with E-state index in [0.717, 1.165) is 12.8 Å². The second-order valence-corrected chi connectivity index (χ2v) is 4.08. The predicted octanol–water partition coefficient (Wildman–Crippen LogP) is 0.247. The van der Waals surface area contributed by atoms with E-state index in [1.165, 1.54) is 6.42 Å². The highest BCUT2D eigenvalue weighted by Gasteiger charge is 2.37. The van der Waals surface area contributed by atoms with Crippen molar-refractivity contribution in [3.63, 3.8) is 0 Å². The number of hydrogen-bond acceptors (Lipinski definition) is 3. The molecule has 1 saturated carbocycles. The van der Waals surface area contributed by atoms with Gasteiger partial charge in [0, 0.05) is 13.0 Å². The van der Waals surface area contributed by atoms with Crippen LogP contribution in [-0.2, 0) is 0 Å². The monoisotopic (exact) mass is 173 g/mol. The molecular weight excluding hydrogens is 154 g/mol. The van der Waals surface area contributed by atoms with Crippen LogP contribution in [0.5, 0.6) is 0 Å². The molecule has 4 N–H and O–H groups in total. The van der Waals surface area contributed by atoms with Gasteiger partial charge < -0.3 is 15.9 Å². The van der Waals surface area contributed by atoms with Crippen LogP contribution in [-0.4, -0.2) is 28.5 Å². The van der Waals surface area contributed by atoms with Gasteiger partial charge in [0.2, 0.25) is 0 Å². The fourth-order valence-corrected chi connectivity index (χ4v) is 1.76. The first-order valence-electron chi connectivity index (χ1n) is 4.67. The molecule has 1 fully saturated rings.